The zero-order valence-corrected chi connectivity index (χ0v) is 19.5. The van der Waals surface area contributed by atoms with Crippen LogP contribution >= 0.6 is 11.8 Å². The number of hydrogen-bond acceptors (Lipinski definition) is 6. The van der Waals surface area contributed by atoms with Crippen LogP contribution in [-0.2, 0) is 11.8 Å². The molecule has 9 heteroatoms. The number of rotatable bonds is 5. The van der Waals surface area contributed by atoms with Gasteiger partial charge in [-0.25, -0.2) is 0 Å². The highest BCUT2D eigenvalue weighted by atomic mass is 32.2. The number of piperazine rings is 1. The molecular formula is C24H26N6O2S. The number of carbonyl (C=O) groups is 1. The predicted octanol–water partition coefficient (Wildman–Crippen LogP) is 2.58. The highest BCUT2D eigenvalue weighted by Crippen LogP contribution is 2.24. The number of para-hydroxylation sites is 1. The fraction of sp³-hybridized carbons (Fsp3) is 0.333. The molecule has 2 aromatic heterocycles. The van der Waals surface area contributed by atoms with E-state index in [-0.39, 0.29) is 17.2 Å². The van der Waals surface area contributed by atoms with Gasteiger partial charge < -0.3 is 4.90 Å². The summed E-state index contributed by atoms with van der Waals surface area (Å²) >= 11 is 1.36. The zero-order chi connectivity index (χ0) is 22.9. The first-order valence-corrected chi connectivity index (χ1v) is 12.1. The topological polar surface area (TPSA) is 75.7 Å². The van der Waals surface area contributed by atoms with Crippen molar-refractivity contribution in [3.8, 4) is 0 Å². The van der Waals surface area contributed by atoms with Crippen LogP contribution in [0.5, 0.6) is 0 Å². The maximum atomic E-state index is 12.9. The quantitative estimate of drug-likeness (QED) is 0.425. The highest BCUT2D eigenvalue weighted by Gasteiger charge is 2.25. The maximum Gasteiger partial charge on any atom is 0.262 e. The Morgan fingerprint density at radius 1 is 1.00 bits per heavy atom. The van der Waals surface area contributed by atoms with Crippen molar-refractivity contribution in [2.24, 2.45) is 7.05 Å². The molecule has 1 amide bonds. The van der Waals surface area contributed by atoms with Crippen molar-refractivity contribution in [2.75, 3.05) is 31.9 Å². The lowest BCUT2D eigenvalue weighted by Gasteiger charge is -2.38. The third kappa shape index (κ3) is 4.02. The number of benzene rings is 2. The Bertz CT molecular complexity index is 1360. The van der Waals surface area contributed by atoms with Gasteiger partial charge in [0, 0.05) is 39.3 Å². The maximum absolute atomic E-state index is 12.9. The highest BCUT2D eigenvalue weighted by molar-refractivity contribution is 7.99. The van der Waals surface area contributed by atoms with Crippen molar-refractivity contribution >= 4 is 34.3 Å². The van der Waals surface area contributed by atoms with Crippen LogP contribution < -0.4 is 5.56 Å². The van der Waals surface area contributed by atoms with E-state index in [0.717, 1.165) is 18.6 Å². The lowest BCUT2D eigenvalue weighted by Crippen LogP contribution is -2.49. The van der Waals surface area contributed by atoms with E-state index in [2.05, 4.69) is 46.3 Å². The first kappa shape index (κ1) is 21.7. The fourth-order valence-corrected chi connectivity index (χ4v) is 5.27. The van der Waals surface area contributed by atoms with Crippen LogP contribution in [0.2, 0.25) is 0 Å². The van der Waals surface area contributed by atoms with E-state index in [1.165, 1.54) is 21.9 Å². The summed E-state index contributed by atoms with van der Waals surface area (Å²) in [6.45, 7) is 5.36. The number of aromatic nitrogens is 4. The lowest BCUT2D eigenvalue weighted by molar-refractivity contribution is -0.130. The first-order chi connectivity index (χ1) is 16.0. The molecule has 0 spiro atoms. The minimum atomic E-state index is -0.110. The Kier molecular flexibility index (Phi) is 5.90. The molecule has 0 saturated carbocycles. The van der Waals surface area contributed by atoms with Crippen LogP contribution in [-0.4, -0.2) is 66.8 Å². The minimum absolute atomic E-state index is 0.0953. The summed E-state index contributed by atoms with van der Waals surface area (Å²) in [5, 5.41) is 9.69. The molecule has 0 bridgehead atoms. The largest absolute Gasteiger partial charge is 0.339 e. The average Bonchev–Trinajstić information content (AvgIpc) is 3.30. The van der Waals surface area contributed by atoms with Gasteiger partial charge in [-0.2, -0.15) is 0 Å². The molecule has 1 aliphatic rings. The summed E-state index contributed by atoms with van der Waals surface area (Å²) in [4.78, 5) is 29.9. The monoisotopic (exact) mass is 462 g/mol. The van der Waals surface area contributed by atoms with E-state index in [1.54, 1.807) is 13.1 Å². The number of aryl methyl sites for hydroxylation is 1. The third-order valence-corrected chi connectivity index (χ3v) is 7.33. The van der Waals surface area contributed by atoms with Crippen molar-refractivity contribution in [1.29, 1.82) is 0 Å². The smallest absolute Gasteiger partial charge is 0.262 e. The summed E-state index contributed by atoms with van der Waals surface area (Å²) in [6.07, 6.45) is 0. The first-order valence-electron chi connectivity index (χ1n) is 11.1. The van der Waals surface area contributed by atoms with E-state index in [1.807, 2.05) is 33.6 Å². The summed E-state index contributed by atoms with van der Waals surface area (Å²) < 4.78 is 3.35. The minimum Gasteiger partial charge on any atom is -0.339 e. The Morgan fingerprint density at radius 2 is 1.70 bits per heavy atom. The molecule has 1 unspecified atom stereocenters. The van der Waals surface area contributed by atoms with Crippen molar-refractivity contribution in [3.63, 3.8) is 0 Å². The van der Waals surface area contributed by atoms with Gasteiger partial charge in [-0.15, -0.1) is 10.2 Å². The van der Waals surface area contributed by atoms with Crippen LogP contribution in [0, 0.1) is 0 Å². The standard InChI is InChI=1S/C24H26N6O2S/c1-17(18-8-4-3-5-9-18)28-12-14-29(15-13-28)21(31)16-33-24-26-25-23-27(2)22(32)19-10-6-7-11-20(19)30(23)24/h3-11,17H,12-16H2,1-2H3. The molecule has 0 N–H and O–H groups in total. The third-order valence-electron chi connectivity index (χ3n) is 6.42. The van der Waals surface area contributed by atoms with Crippen LogP contribution in [0.1, 0.15) is 18.5 Å². The van der Waals surface area contributed by atoms with E-state index >= 15 is 0 Å². The average molecular weight is 463 g/mol. The van der Waals surface area contributed by atoms with Gasteiger partial charge >= 0.3 is 0 Å². The second-order valence-corrected chi connectivity index (χ2v) is 9.23. The summed E-state index contributed by atoms with van der Waals surface area (Å²) in [6, 6.07) is 18.2. The number of nitrogens with zero attached hydrogens (tertiary/aromatic N) is 6. The molecule has 1 saturated heterocycles. The van der Waals surface area contributed by atoms with Crippen LogP contribution in [0.4, 0.5) is 0 Å². The van der Waals surface area contributed by atoms with Gasteiger partial charge in [-0.05, 0) is 24.6 Å². The fourth-order valence-electron chi connectivity index (χ4n) is 4.42. The zero-order valence-electron chi connectivity index (χ0n) is 18.7. The Labute approximate surface area is 195 Å². The molecule has 170 valence electrons. The van der Waals surface area contributed by atoms with Crippen LogP contribution in [0.15, 0.2) is 64.5 Å². The Morgan fingerprint density at radius 3 is 2.45 bits per heavy atom. The molecule has 4 aromatic rings. The van der Waals surface area contributed by atoms with Gasteiger partial charge in [0.15, 0.2) is 5.16 Å². The van der Waals surface area contributed by atoms with Gasteiger partial charge in [0.25, 0.3) is 5.56 Å². The molecule has 1 aliphatic heterocycles. The number of carbonyl (C=O) groups excluding carboxylic acids is 1. The van der Waals surface area contributed by atoms with Crippen LogP contribution in [0.25, 0.3) is 16.7 Å². The number of thioether (sulfide) groups is 1. The molecule has 1 fully saturated rings. The van der Waals surface area contributed by atoms with E-state index in [9.17, 15) is 9.59 Å². The SMILES string of the molecule is CC(c1ccccc1)N1CCN(C(=O)CSc2nnc3n(C)c(=O)c4ccccc4n23)CC1. The summed E-state index contributed by atoms with van der Waals surface area (Å²) in [5.41, 5.74) is 1.94. The number of hydrogen-bond donors (Lipinski definition) is 0. The van der Waals surface area contributed by atoms with Crippen LogP contribution in [0.3, 0.4) is 0 Å². The van der Waals surface area contributed by atoms with E-state index in [4.69, 9.17) is 0 Å². The number of amides is 1. The van der Waals surface area contributed by atoms with Crippen molar-refractivity contribution < 1.29 is 4.79 Å². The van der Waals surface area contributed by atoms with Gasteiger partial charge in [-0.1, -0.05) is 54.2 Å². The summed E-state index contributed by atoms with van der Waals surface area (Å²) in [5.74, 6) is 0.849. The predicted molar refractivity (Wildman–Crippen MR) is 129 cm³/mol. The molecule has 33 heavy (non-hydrogen) atoms. The van der Waals surface area contributed by atoms with Crippen molar-refractivity contribution in [3.05, 3.63) is 70.5 Å². The molecule has 5 rings (SSSR count). The second kappa shape index (κ2) is 8.99. The van der Waals surface area contributed by atoms with Crippen molar-refractivity contribution in [2.45, 2.75) is 18.1 Å². The van der Waals surface area contributed by atoms with E-state index < -0.39 is 0 Å². The molecule has 0 aliphatic carbocycles. The Balaban J connectivity index is 1.26. The molecule has 8 nitrogen and oxygen atoms in total. The molecule has 0 radical (unpaired) electrons. The normalized spacial score (nSPS) is 15.9. The van der Waals surface area contributed by atoms with Gasteiger partial charge in [0.05, 0.1) is 16.7 Å². The molecular weight excluding hydrogens is 436 g/mol. The van der Waals surface area contributed by atoms with Gasteiger partial charge in [0.1, 0.15) is 0 Å². The van der Waals surface area contributed by atoms with Gasteiger partial charge in [0.2, 0.25) is 11.7 Å². The molecule has 3 heterocycles. The molecule has 1 atom stereocenters. The molecule has 2 aromatic carbocycles. The summed E-state index contributed by atoms with van der Waals surface area (Å²) in [7, 11) is 1.69. The number of fused-ring (bicyclic) bond motifs is 3. The lowest BCUT2D eigenvalue weighted by atomic mass is 10.1. The Hall–Kier alpha value is -3.17. The van der Waals surface area contributed by atoms with E-state index in [0.29, 0.717) is 35.5 Å². The van der Waals surface area contributed by atoms with Crippen molar-refractivity contribution in [1.82, 2.24) is 29.0 Å². The second-order valence-electron chi connectivity index (χ2n) is 8.29. The van der Waals surface area contributed by atoms with Gasteiger partial charge in [-0.3, -0.25) is 23.5 Å².